The number of hydrogen-bond acceptors (Lipinski definition) is 3. The molecular weight excluding hydrogens is 303 g/mol. The fourth-order valence-corrected chi connectivity index (χ4v) is 2.43. The van der Waals surface area contributed by atoms with Crippen LogP contribution in [0.5, 0.6) is 0 Å². The highest BCUT2D eigenvalue weighted by molar-refractivity contribution is 5.96. The molecule has 1 aliphatic rings. The van der Waals surface area contributed by atoms with Gasteiger partial charge in [-0.2, -0.15) is 18.3 Å². The van der Waals surface area contributed by atoms with Crippen molar-refractivity contribution in [3.05, 3.63) is 18.0 Å². The van der Waals surface area contributed by atoms with Gasteiger partial charge in [-0.3, -0.25) is 9.48 Å². The number of piperidine rings is 1. The van der Waals surface area contributed by atoms with E-state index in [1.54, 1.807) is 0 Å². The van der Waals surface area contributed by atoms with Gasteiger partial charge in [0.05, 0.1) is 18.2 Å². The van der Waals surface area contributed by atoms with Crippen molar-refractivity contribution in [2.75, 3.05) is 6.54 Å². The smallest absolute Gasteiger partial charge is 0.390 e. The molecular formula is C13H16F3N3O3. The van der Waals surface area contributed by atoms with Gasteiger partial charge in [0.15, 0.2) is 0 Å². The number of aromatic nitrogens is 2. The van der Waals surface area contributed by atoms with E-state index in [-0.39, 0.29) is 12.1 Å². The molecule has 1 fully saturated rings. The lowest BCUT2D eigenvalue weighted by atomic mass is 10.0. The van der Waals surface area contributed by atoms with E-state index in [0.717, 1.165) is 11.1 Å². The van der Waals surface area contributed by atoms with E-state index < -0.39 is 30.5 Å². The highest BCUT2D eigenvalue weighted by atomic mass is 19.4. The summed E-state index contributed by atoms with van der Waals surface area (Å²) in [5.74, 6) is -1.58. The van der Waals surface area contributed by atoms with Crippen LogP contribution < -0.4 is 0 Å². The largest absolute Gasteiger partial charge is 0.480 e. The summed E-state index contributed by atoms with van der Waals surface area (Å²) >= 11 is 0. The summed E-state index contributed by atoms with van der Waals surface area (Å²) in [6, 6.07) is -0.889. The molecule has 22 heavy (non-hydrogen) atoms. The first-order valence-corrected chi connectivity index (χ1v) is 6.91. The van der Waals surface area contributed by atoms with E-state index in [2.05, 4.69) is 5.10 Å². The van der Waals surface area contributed by atoms with Crippen LogP contribution in [0, 0.1) is 0 Å². The van der Waals surface area contributed by atoms with Gasteiger partial charge in [0, 0.05) is 19.3 Å². The molecule has 122 valence electrons. The number of aliphatic carboxylic acids is 1. The quantitative estimate of drug-likeness (QED) is 0.920. The summed E-state index contributed by atoms with van der Waals surface area (Å²) in [7, 11) is 0. The topological polar surface area (TPSA) is 75.4 Å². The normalized spacial score (nSPS) is 19.2. The van der Waals surface area contributed by atoms with E-state index in [1.165, 1.54) is 17.3 Å². The molecule has 0 saturated carbocycles. The minimum absolute atomic E-state index is 0.107. The summed E-state index contributed by atoms with van der Waals surface area (Å²) in [4.78, 5) is 24.7. The highest BCUT2D eigenvalue weighted by Gasteiger charge is 2.33. The van der Waals surface area contributed by atoms with E-state index in [4.69, 9.17) is 5.11 Å². The molecule has 2 rings (SSSR count). The third-order valence-electron chi connectivity index (χ3n) is 3.55. The average Bonchev–Trinajstić information content (AvgIpc) is 2.92. The van der Waals surface area contributed by atoms with Crippen molar-refractivity contribution in [1.82, 2.24) is 14.7 Å². The molecule has 1 amide bonds. The Morgan fingerprint density at radius 1 is 1.36 bits per heavy atom. The second-order valence-corrected chi connectivity index (χ2v) is 5.21. The lowest BCUT2D eigenvalue weighted by Crippen LogP contribution is -2.47. The molecule has 0 bridgehead atoms. The first-order valence-electron chi connectivity index (χ1n) is 6.91. The van der Waals surface area contributed by atoms with Crippen molar-refractivity contribution in [2.24, 2.45) is 0 Å². The second kappa shape index (κ2) is 6.37. The van der Waals surface area contributed by atoms with Gasteiger partial charge in [-0.05, 0) is 19.3 Å². The number of carboxylic acid groups (broad SMARTS) is 1. The maximum atomic E-state index is 12.3. The molecule has 1 atom stereocenters. The van der Waals surface area contributed by atoms with Gasteiger partial charge in [0.25, 0.3) is 5.91 Å². The molecule has 0 spiro atoms. The number of rotatable bonds is 4. The summed E-state index contributed by atoms with van der Waals surface area (Å²) in [6.07, 6.45) is -1.12. The molecule has 1 aromatic rings. The molecule has 0 aromatic carbocycles. The third kappa shape index (κ3) is 3.99. The number of aryl methyl sites for hydroxylation is 1. The first-order chi connectivity index (χ1) is 10.3. The summed E-state index contributed by atoms with van der Waals surface area (Å²) in [5.41, 5.74) is 0.107. The Labute approximate surface area is 124 Å². The number of halogens is 3. The molecule has 1 saturated heterocycles. The molecule has 1 aromatic heterocycles. The number of alkyl halides is 3. The maximum absolute atomic E-state index is 12.3. The highest BCUT2D eigenvalue weighted by Crippen LogP contribution is 2.21. The SMILES string of the molecule is O=C(O)C1CCCCN1C(=O)c1cnn(CCC(F)(F)F)c1. The van der Waals surface area contributed by atoms with Crippen molar-refractivity contribution in [3.8, 4) is 0 Å². The van der Waals surface area contributed by atoms with E-state index in [1.807, 2.05) is 0 Å². The molecule has 9 heteroatoms. The minimum Gasteiger partial charge on any atom is -0.480 e. The van der Waals surface area contributed by atoms with Crippen LogP contribution in [-0.4, -0.2) is 50.4 Å². The van der Waals surface area contributed by atoms with Gasteiger partial charge in [0.2, 0.25) is 0 Å². The van der Waals surface area contributed by atoms with Crippen molar-refractivity contribution >= 4 is 11.9 Å². The summed E-state index contributed by atoms with van der Waals surface area (Å²) in [5, 5.41) is 12.9. The number of carboxylic acids is 1. The van der Waals surface area contributed by atoms with Crippen LogP contribution in [0.15, 0.2) is 12.4 Å². The second-order valence-electron chi connectivity index (χ2n) is 5.21. The first kappa shape index (κ1) is 16.3. The number of nitrogens with zero attached hydrogens (tertiary/aromatic N) is 3. The number of carbonyl (C=O) groups excluding carboxylic acids is 1. The Morgan fingerprint density at radius 2 is 2.09 bits per heavy atom. The van der Waals surface area contributed by atoms with E-state index >= 15 is 0 Å². The Hall–Kier alpha value is -2.06. The predicted molar refractivity (Wildman–Crippen MR) is 69.2 cm³/mol. The van der Waals surface area contributed by atoms with Gasteiger partial charge < -0.3 is 10.0 Å². The number of carbonyl (C=O) groups is 2. The lowest BCUT2D eigenvalue weighted by molar-refractivity contribution is -0.143. The number of likely N-dealkylation sites (tertiary alicyclic amines) is 1. The Kier molecular flexibility index (Phi) is 4.72. The molecule has 1 aliphatic heterocycles. The van der Waals surface area contributed by atoms with Crippen LogP contribution >= 0.6 is 0 Å². The van der Waals surface area contributed by atoms with Crippen molar-refractivity contribution in [2.45, 2.75) is 44.4 Å². The Morgan fingerprint density at radius 3 is 2.73 bits per heavy atom. The maximum Gasteiger partial charge on any atom is 0.390 e. The Bertz CT molecular complexity index is 556. The Balaban J connectivity index is 2.06. The van der Waals surface area contributed by atoms with Crippen LogP contribution in [0.3, 0.4) is 0 Å². The van der Waals surface area contributed by atoms with Crippen LogP contribution in [0.2, 0.25) is 0 Å². The predicted octanol–water partition coefficient (Wildman–Crippen LogP) is 1.91. The molecule has 1 unspecified atom stereocenters. The van der Waals surface area contributed by atoms with Crippen LogP contribution in [0.4, 0.5) is 13.2 Å². The van der Waals surface area contributed by atoms with Gasteiger partial charge in [0.1, 0.15) is 6.04 Å². The molecule has 2 heterocycles. The van der Waals surface area contributed by atoms with Gasteiger partial charge >= 0.3 is 12.1 Å². The van der Waals surface area contributed by atoms with Crippen LogP contribution in [0.25, 0.3) is 0 Å². The average molecular weight is 319 g/mol. The van der Waals surface area contributed by atoms with Gasteiger partial charge in [-0.25, -0.2) is 4.79 Å². The molecule has 0 aliphatic carbocycles. The standard InChI is InChI=1S/C13H16F3N3O3/c14-13(15,16)4-6-18-8-9(7-17-18)11(20)19-5-2-1-3-10(19)12(21)22/h7-8,10H,1-6H2,(H,21,22). The molecule has 0 radical (unpaired) electrons. The lowest BCUT2D eigenvalue weighted by Gasteiger charge is -2.32. The van der Waals surface area contributed by atoms with E-state index in [9.17, 15) is 22.8 Å². The summed E-state index contributed by atoms with van der Waals surface area (Å²) in [6.45, 7) is -0.0529. The van der Waals surface area contributed by atoms with Gasteiger partial charge in [-0.1, -0.05) is 0 Å². The minimum atomic E-state index is -4.29. The fourth-order valence-electron chi connectivity index (χ4n) is 2.43. The van der Waals surface area contributed by atoms with Gasteiger partial charge in [-0.15, -0.1) is 0 Å². The van der Waals surface area contributed by atoms with Crippen LogP contribution in [-0.2, 0) is 11.3 Å². The van der Waals surface area contributed by atoms with Crippen LogP contribution in [0.1, 0.15) is 36.0 Å². The zero-order valence-corrected chi connectivity index (χ0v) is 11.7. The third-order valence-corrected chi connectivity index (χ3v) is 3.55. The summed E-state index contributed by atoms with van der Waals surface area (Å²) < 4.78 is 37.5. The number of amides is 1. The zero-order valence-electron chi connectivity index (χ0n) is 11.7. The number of hydrogen-bond donors (Lipinski definition) is 1. The molecule has 6 nitrogen and oxygen atoms in total. The van der Waals surface area contributed by atoms with Crippen molar-refractivity contribution in [1.29, 1.82) is 0 Å². The molecule has 1 N–H and O–H groups in total. The zero-order chi connectivity index (χ0) is 16.3. The van der Waals surface area contributed by atoms with Crippen molar-refractivity contribution in [3.63, 3.8) is 0 Å². The fraction of sp³-hybridized carbons (Fsp3) is 0.615. The van der Waals surface area contributed by atoms with Crippen molar-refractivity contribution < 1.29 is 27.9 Å². The van der Waals surface area contributed by atoms with E-state index in [0.29, 0.717) is 19.4 Å². The monoisotopic (exact) mass is 319 g/mol.